The Balaban J connectivity index is 1.61. The van der Waals surface area contributed by atoms with Crippen molar-refractivity contribution in [3.63, 3.8) is 0 Å². The minimum atomic E-state index is -5.03. The number of fused-ring (bicyclic) bond motifs is 1. The Labute approximate surface area is 247 Å². The zero-order valence-electron chi connectivity index (χ0n) is 23.9. The number of tetrazole rings is 1. The maximum atomic E-state index is 14.2. The van der Waals surface area contributed by atoms with Gasteiger partial charge in [-0.15, -0.1) is 5.10 Å². The Morgan fingerprint density at radius 3 is 2.05 bits per heavy atom. The van der Waals surface area contributed by atoms with Crippen LogP contribution in [0.5, 0.6) is 0 Å². The average molecular weight is 628 g/mol. The number of aromatic nitrogens is 5. The van der Waals surface area contributed by atoms with Crippen molar-refractivity contribution in [3.8, 4) is 0 Å². The number of benzene rings is 2. The minimum Gasteiger partial charge on any atom is -0.356 e. The molecule has 1 aliphatic rings. The first-order valence-corrected chi connectivity index (χ1v) is 14.0. The Bertz CT molecular complexity index is 1590. The van der Waals surface area contributed by atoms with E-state index < -0.39 is 41.7 Å². The maximum Gasteiger partial charge on any atom is 0.416 e. The molecule has 15 heteroatoms. The lowest BCUT2D eigenvalue weighted by Crippen LogP contribution is -2.32. The number of nitrogens with zero attached hydrogens (tertiary/aromatic N) is 7. The van der Waals surface area contributed by atoms with E-state index in [0.717, 1.165) is 42.6 Å². The highest BCUT2D eigenvalue weighted by Crippen LogP contribution is 2.37. The van der Waals surface area contributed by atoms with E-state index >= 15 is 0 Å². The molecule has 1 fully saturated rings. The fourth-order valence-corrected chi connectivity index (χ4v) is 5.60. The van der Waals surface area contributed by atoms with Crippen LogP contribution >= 0.6 is 0 Å². The molecule has 4 aromatic rings. The molecule has 0 radical (unpaired) electrons. The monoisotopic (exact) mass is 627 g/mol. The van der Waals surface area contributed by atoms with Gasteiger partial charge in [0.05, 0.1) is 23.7 Å². The number of pyridine rings is 1. The number of halogens is 8. The summed E-state index contributed by atoms with van der Waals surface area (Å²) in [7, 11) is 1.46. The second-order valence-electron chi connectivity index (χ2n) is 11.0. The van der Waals surface area contributed by atoms with Crippen molar-refractivity contribution >= 4 is 22.7 Å². The highest BCUT2D eigenvalue weighted by atomic mass is 19.4. The van der Waals surface area contributed by atoms with Gasteiger partial charge in [0, 0.05) is 43.2 Å². The Morgan fingerprint density at radius 1 is 0.841 bits per heavy atom. The van der Waals surface area contributed by atoms with Crippen LogP contribution in [0, 0.1) is 17.6 Å². The van der Waals surface area contributed by atoms with E-state index in [1.54, 1.807) is 6.07 Å². The SMILES string of the molecule is CCN(CC1CCCC1)c1nc2cc(F)c(F)cc2cc1CN(Cc1cc(C(F)(F)F)cc(C(F)(F)F)c1)c1nnn(C)n1. The van der Waals surface area contributed by atoms with Crippen LogP contribution in [0.15, 0.2) is 36.4 Å². The van der Waals surface area contributed by atoms with Crippen LogP contribution in [0.25, 0.3) is 10.9 Å². The summed E-state index contributed by atoms with van der Waals surface area (Å²) in [6.07, 6.45) is -5.83. The average Bonchev–Trinajstić information content (AvgIpc) is 3.63. The molecular weight excluding hydrogens is 598 g/mol. The van der Waals surface area contributed by atoms with Crippen molar-refractivity contribution in [1.82, 2.24) is 25.2 Å². The Kier molecular flexibility index (Phi) is 8.67. The molecule has 1 aliphatic carbocycles. The molecule has 7 nitrogen and oxygen atoms in total. The van der Waals surface area contributed by atoms with Gasteiger partial charge in [0.25, 0.3) is 5.95 Å². The number of aryl methyl sites for hydroxylation is 1. The molecule has 0 bridgehead atoms. The summed E-state index contributed by atoms with van der Waals surface area (Å²) in [6.45, 7) is 2.47. The van der Waals surface area contributed by atoms with Crippen LogP contribution in [0.4, 0.5) is 46.9 Å². The number of hydrogen-bond acceptors (Lipinski definition) is 6. The molecule has 5 rings (SSSR count). The van der Waals surface area contributed by atoms with Gasteiger partial charge in [0.15, 0.2) is 11.6 Å². The first-order valence-electron chi connectivity index (χ1n) is 14.0. The molecule has 0 aliphatic heterocycles. The molecule has 0 N–H and O–H groups in total. The standard InChI is InChI=1S/C29H29F8N7/c1-3-43(14-17-6-4-5-7-17)26-20(10-19-11-23(30)24(31)13-25(19)38-26)16-44(27-39-41-42(2)40-27)15-18-8-21(28(32,33)34)12-22(9-18)29(35,36)37/h8-13,17H,3-7,14-16H2,1-2H3. The topological polar surface area (TPSA) is 63.0 Å². The molecular formula is C29H29F8N7. The van der Waals surface area contributed by atoms with Crippen LogP contribution in [-0.4, -0.2) is 38.3 Å². The lowest BCUT2D eigenvalue weighted by Gasteiger charge is -2.30. The minimum absolute atomic E-state index is 0.0614. The van der Waals surface area contributed by atoms with E-state index in [1.807, 2.05) is 11.8 Å². The Morgan fingerprint density at radius 2 is 1.48 bits per heavy atom. The third kappa shape index (κ3) is 7.02. The van der Waals surface area contributed by atoms with Gasteiger partial charge in [-0.3, -0.25) is 0 Å². The summed E-state index contributed by atoms with van der Waals surface area (Å²) >= 11 is 0. The van der Waals surface area contributed by atoms with E-state index in [4.69, 9.17) is 0 Å². The smallest absolute Gasteiger partial charge is 0.356 e. The Hall–Kier alpha value is -4.04. The van der Waals surface area contributed by atoms with E-state index in [2.05, 4.69) is 20.4 Å². The van der Waals surface area contributed by atoms with Crippen molar-refractivity contribution in [2.45, 2.75) is 58.0 Å². The van der Waals surface area contributed by atoms with Crippen molar-refractivity contribution in [1.29, 1.82) is 0 Å². The first-order chi connectivity index (χ1) is 20.7. The zero-order chi connectivity index (χ0) is 31.8. The fourth-order valence-electron chi connectivity index (χ4n) is 5.60. The maximum absolute atomic E-state index is 14.2. The van der Waals surface area contributed by atoms with Gasteiger partial charge >= 0.3 is 12.4 Å². The molecule has 2 heterocycles. The molecule has 1 saturated carbocycles. The quantitative estimate of drug-likeness (QED) is 0.182. The molecule has 0 amide bonds. The summed E-state index contributed by atoms with van der Waals surface area (Å²) in [6, 6.07) is 4.93. The number of hydrogen-bond donors (Lipinski definition) is 0. The van der Waals surface area contributed by atoms with Crippen LogP contribution < -0.4 is 9.80 Å². The van der Waals surface area contributed by atoms with Crippen molar-refractivity contribution in [2.24, 2.45) is 13.0 Å². The second-order valence-corrected chi connectivity index (χ2v) is 11.0. The largest absolute Gasteiger partial charge is 0.416 e. The molecule has 2 aromatic carbocycles. The predicted molar refractivity (Wildman–Crippen MR) is 147 cm³/mol. The summed E-state index contributed by atoms with van der Waals surface area (Å²) in [5, 5.41) is 12.2. The highest BCUT2D eigenvalue weighted by molar-refractivity contribution is 5.82. The van der Waals surface area contributed by atoms with Crippen molar-refractivity contribution < 1.29 is 35.1 Å². The molecule has 236 valence electrons. The van der Waals surface area contributed by atoms with Crippen LogP contribution in [0.2, 0.25) is 0 Å². The summed E-state index contributed by atoms with van der Waals surface area (Å²) in [5.74, 6) is -1.40. The fraction of sp³-hybridized carbons (Fsp3) is 0.448. The van der Waals surface area contributed by atoms with Gasteiger partial charge in [-0.25, -0.2) is 13.8 Å². The van der Waals surface area contributed by atoms with Gasteiger partial charge in [-0.05, 0) is 66.8 Å². The molecule has 2 aromatic heterocycles. The first kappa shape index (κ1) is 31.4. The third-order valence-corrected chi connectivity index (χ3v) is 7.71. The summed E-state index contributed by atoms with van der Waals surface area (Å²) in [4.78, 5) is 9.15. The molecule has 0 atom stereocenters. The molecule has 0 spiro atoms. The number of alkyl halides is 6. The predicted octanol–water partition coefficient (Wildman–Crippen LogP) is 7.30. The van der Waals surface area contributed by atoms with Gasteiger partial charge in [-0.1, -0.05) is 17.9 Å². The van der Waals surface area contributed by atoms with Gasteiger partial charge < -0.3 is 9.80 Å². The summed E-state index contributed by atoms with van der Waals surface area (Å²) < 4.78 is 110. The molecule has 44 heavy (non-hydrogen) atoms. The normalized spacial score (nSPS) is 14.5. The summed E-state index contributed by atoms with van der Waals surface area (Å²) in [5.41, 5.74) is -2.52. The molecule has 0 unspecified atom stereocenters. The lowest BCUT2D eigenvalue weighted by molar-refractivity contribution is -0.143. The van der Waals surface area contributed by atoms with E-state index in [0.29, 0.717) is 42.5 Å². The van der Waals surface area contributed by atoms with Crippen molar-refractivity contribution in [2.75, 3.05) is 22.9 Å². The third-order valence-electron chi connectivity index (χ3n) is 7.71. The van der Waals surface area contributed by atoms with E-state index in [1.165, 1.54) is 11.9 Å². The second kappa shape index (κ2) is 12.2. The lowest BCUT2D eigenvalue weighted by atomic mass is 10.0. The van der Waals surface area contributed by atoms with Crippen LogP contribution in [-0.2, 0) is 32.5 Å². The number of anilines is 2. The van der Waals surface area contributed by atoms with Crippen molar-refractivity contribution in [3.05, 3.63) is 70.3 Å². The molecule has 0 saturated heterocycles. The van der Waals surface area contributed by atoms with Gasteiger partial charge in [0.1, 0.15) is 5.82 Å². The van der Waals surface area contributed by atoms with E-state index in [-0.39, 0.29) is 35.0 Å². The highest BCUT2D eigenvalue weighted by Gasteiger charge is 2.37. The van der Waals surface area contributed by atoms with Gasteiger partial charge in [-0.2, -0.15) is 31.1 Å². The number of rotatable bonds is 9. The van der Waals surface area contributed by atoms with E-state index in [9.17, 15) is 35.1 Å². The zero-order valence-corrected chi connectivity index (χ0v) is 23.9. The van der Waals surface area contributed by atoms with Crippen LogP contribution in [0.1, 0.15) is 54.9 Å². The van der Waals surface area contributed by atoms with Crippen LogP contribution in [0.3, 0.4) is 0 Å². The van der Waals surface area contributed by atoms with Gasteiger partial charge in [0.2, 0.25) is 0 Å².